The minimum Gasteiger partial charge on any atom is -0.487 e. The van der Waals surface area contributed by atoms with Gasteiger partial charge < -0.3 is 4.74 Å². The maximum absolute atomic E-state index is 13.6. The highest BCUT2D eigenvalue weighted by Crippen LogP contribution is 2.30. The van der Waals surface area contributed by atoms with Crippen molar-refractivity contribution >= 4 is 37.5 Å². The fourth-order valence-corrected chi connectivity index (χ4v) is 2.20. The average molecular weight is 405 g/mol. The van der Waals surface area contributed by atoms with Crippen LogP contribution in [0.5, 0.6) is 5.75 Å². The van der Waals surface area contributed by atoms with Gasteiger partial charge in [-0.15, -0.1) is 0 Å². The highest BCUT2D eigenvalue weighted by molar-refractivity contribution is 9.10. The van der Waals surface area contributed by atoms with Crippen molar-refractivity contribution in [1.29, 1.82) is 0 Å². The number of hydrogen-bond acceptors (Lipinski definition) is 3. The molecule has 104 valence electrons. The average Bonchev–Trinajstić information content (AvgIpc) is 2.39. The lowest BCUT2D eigenvalue weighted by atomic mass is 10.2. The molecule has 0 aliphatic heterocycles. The van der Waals surface area contributed by atoms with E-state index in [-0.39, 0.29) is 12.3 Å². The van der Waals surface area contributed by atoms with Crippen LogP contribution in [-0.2, 0) is 6.61 Å². The second-order valence-corrected chi connectivity index (χ2v) is 5.67. The molecule has 0 spiro atoms. The van der Waals surface area contributed by atoms with Crippen LogP contribution in [0.3, 0.4) is 0 Å². The normalized spacial score (nSPS) is 10.3. The molecular weight excluding hydrogens is 397 g/mol. The Balaban J connectivity index is 2.18. The molecule has 0 aromatic heterocycles. The van der Waals surface area contributed by atoms with Crippen molar-refractivity contribution in [3.8, 4) is 5.75 Å². The van der Waals surface area contributed by atoms with E-state index in [4.69, 9.17) is 4.74 Å². The molecule has 2 rings (SSSR count). The fraction of sp³-hybridized carbons (Fsp3) is 0.0769. The Bertz CT molecular complexity index is 664. The van der Waals surface area contributed by atoms with E-state index in [2.05, 4.69) is 31.9 Å². The van der Waals surface area contributed by atoms with Crippen molar-refractivity contribution in [3.05, 3.63) is 66.8 Å². The zero-order chi connectivity index (χ0) is 14.7. The van der Waals surface area contributed by atoms with E-state index in [1.807, 2.05) is 0 Å². The number of non-ortho nitro benzene ring substituents is 1. The van der Waals surface area contributed by atoms with E-state index in [0.717, 1.165) is 0 Å². The summed E-state index contributed by atoms with van der Waals surface area (Å²) in [6, 6.07) is 8.79. The maximum atomic E-state index is 13.6. The zero-order valence-corrected chi connectivity index (χ0v) is 13.1. The summed E-state index contributed by atoms with van der Waals surface area (Å²) in [7, 11) is 0. The number of halogens is 3. The van der Waals surface area contributed by atoms with Crippen LogP contribution in [0.1, 0.15) is 5.56 Å². The highest BCUT2D eigenvalue weighted by atomic mass is 79.9. The second kappa shape index (κ2) is 6.32. The van der Waals surface area contributed by atoms with Crippen molar-refractivity contribution < 1.29 is 14.1 Å². The third-order valence-corrected chi connectivity index (χ3v) is 3.67. The van der Waals surface area contributed by atoms with Gasteiger partial charge in [0, 0.05) is 16.1 Å². The van der Waals surface area contributed by atoms with E-state index < -0.39 is 10.7 Å². The summed E-state index contributed by atoms with van der Waals surface area (Å²) < 4.78 is 20.3. The maximum Gasteiger partial charge on any atom is 0.273 e. The number of ether oxygens (including phenoxy) is 1. The van der Waals surface area contributed by atoms with Crippen LogP contribution in [0.15, 0.2) is 45.3 Å². The Hall–Kier alpha value is -1.47. The van der Waals surface area contributed by atoms with Crippen LogP contribution < -0.4 is 4.74 Å². The van der Waals surface area contributed by atoms with Gasteiger partial charge in [-0.2, -0.15) is 0 Å². The summed E-state index contributed by atoms with van der Waals surface area (Å²) in [5, 5.41) is 10.7. The molecule has 0 aliphatic rings. The first-order valence-corrected chi connectivity index (χ1v) is 7.06. The van der Waals surface area contributed by atoms with Crippen LogP contribution in [0.4, 0.5) is 10.1 Å². The van der Waals surface area contributed by atoms with Gasteiger partial charge in [0.1, 0.15) is 18.2 Å². The smallest absolute Gasteiger partial charge is 0.273 e. The first-order chi connectivity index (χ1) is 9.47. The van der Waals surface area contributed by atoms with Gasteiger partial charge in [-0.25, -0.2) is 4.39 Å². The predicted molar refractivity (Wildman–Crippen MR) is 79.2 cm³/mol. The molecule has 0 fully saturated rings. The standard InChI is InChI=1S/C13H8Br2FNO3/c14-9-2-1-8(12(16)5-9)7-20-13-6-10(17(18)19)3-4-11(13)15/h1-6H,7H2. The Morgan fingerprint density at radius 2 is 1.95 bits per heavy atom. The van der Waals surface area contributed by atoms with Crippen LogP contribution in [-0.4, -0.2) is 4.92 Å². The molecular formula is C13H8Br2FNO3. The molecule has 4 nitrogen and oxygen atoms in total. The molecule has 2 aromatic carbocycles. The number of rotatable bonds is 4. The van der Waals surface area contributed by atoms with Gasteiger partial charge in [-0.3, -0.25) is 10.1 Å². The van der Waals surface area contributed by atoms with Crippen molar-refractivity contribution in [2.24, 2.45) is 0 Å². The van der Waals surface area contributed by atoms with Crippen LogP contribution in [0.25, 0.3) is 0 Å². The van der Waals surface area contributed by atoms with E-state index in [1.165, 1.54) is 24.3 Å². The van der Waals surface area contributed by atoms with Crippen LogP contribution in [0, 0.1) is 15.9 Å². The number of benzene rings is 2. The molecule has 0 saturated heterocycles. The summed E-state index contributed by atoms with van der Waals surface area (Å²) >= 11 is 6.40. The molecule has 0 unspecified atom stereocenters. The van der Waals surface area contributed by atoms with Gasteiger partial charge in [0.2, 0.25) is 0 Å². The quantitative estimate of drug-likeness (QED) is 0.541. The van der Waals surface area contributed by atoms with Gasteiger partial charge in [0.25, 0.3) is 5.69 Å². The fourth-order valence-electron chi connectivity index (χ4n) is 1.51. The first-order valence-electron chi connectivity index (χ1n) is 5.48. The third kappa shape index (κ3) is 3.55. The largest absolute Gasteiger partial charge is 0.487 e. The Kier molecular flexibility index (Phi) is 4.72. The second-order valence-electron chi connectivity index (χ2n) is 3.90. The minimum absolute atomic E-state index is 0.0150. The number of nitrogens with zero attached hydrogens (tertiary/aromatic N) is 1. The summed E-state index contributed by atoms with van der Waals surface area (Å²) in [5.74, 6) is -0.109. The number of hydrogen-bond donors (Lipinski definition) is 0. The zero-order valence-electron chi connectivity index (χ0n) is 9.98. The van der Waals surface area contributed by atoms with Crippen LogP contribution >= 0.6 is 31.9 Å². The summed E-state index contributed by atoms with van der Waals surface area (Å²) in [5.41, 5.74) is 0.283. The van der Waals surface area contributed by atoms with Gasteiger partial charge in [-0.05, 0) is 34.1 Å². The van der Waals surface area contributed by atoms with Crippen LogP contribution in [0.2, 0.25) is 0 Å². The number of nitro groups is 1. The molecule has 0 saturated carbocycles. The molecule has 0 N–H and O–H groups in total. The van der Waals surface area contributed by atoms with Crippen molar-refractivity contribution in [2.75, 3.05) is 0 Å². The molecule has 0 radical (unpaired) electrons. The molecule has 0 aliphatic carbocycles. The van der Waals surface area contributed by atoms with E-state index in [1.54, 1.807) is 12.1 Å². The molecule has 0 heterocycles. The Morgan fingerprint density at radius 3 is 2.60 bits per heavy atom. The van der Waals surface area contributed by atoms with Gasteiger partial charge in [0.05, 0.1) is 15.5 Å². The SMILES string of the molecule is O=[N+]([O-])c1ccc(Br)c(OCc2ccc(Br)cc2F)c1. The van der Waals surface area contributed by atoms with Crippen molar-refractivity contribution in [3.63, 3.8) is 0 Å². The molecule has 0 bridgehead atoms. The summed E-state index contributed by atoms with van der Waals surface area (Å²) in [6.07, 6.45) is 0. The monoisotopic (exact) mass is 403 g/mol. The molecule has 2 aromatic rings. The molecule has 20 heavy (non-hydrogen) atoms. The lowest BCUT2D eigenvalue weighted by Gasteiger charge is -2.09. The lowest BCUT2D eigenvalue weighted by Crippen LogP contribution is -1.99. The molecule has 0 amide bonds. The van der Waals surface area contributed by atoms with E-state index >= 15 is 0 Å². The van der Waals surface area contributed by atoms with Gasteiger partial charge >= 0.3 is 0 Å². The third-order valence-electron chi connectivity index (χ3n) is 2.52. The number of nitro benzene ring substituents is 1. The topological polar surface area (TPSA) is 52.4 Å². The van der Waals surface area contributed by atoms with Crippen molar-refractivity contribution in [1.82, 2.24) is 0 Å². The Labute approximate surface area is 131 Å². The lowest BCUT2D eigenvalue weighted by molar-refractivity contribution is -0.385. The van der Waals surface area contributed by atoms with E-state index in [0.29, 0.717) is 20.3 Å². The summed E-state index contributed by atoms with van der Waals surface area (Å²) in [6.45, 7) is -0.0150. The first kappa shape index (κ1) is 14.9. The predicted octanol–water partition coefficient (Wildman–Crippen LogP) is 4.84. The van der Waals surface area contributed by atoms with Gasteiger partial charge in [-0.1, -0.05) is 22.0 Å². The summed E-state index contributed by atoms with van der Waals surface area (Å²) in [4.78, 5) is 10.2. The minimum atomic E-state index is -0.514. The molecule has 7 heteroatoms. The van der Waals surface area contributed by atoms with Crippen molar-refractivity contribution in [2.45, 2.75) is 6.61 Å². The van der Waals surface area contributed by atoms with Gasteiger partial charge in [0.15, 0.2) is 0 Å². The highest BCUT2D eigenvalue weighted by Gasteiger charge is 2.11. The molecule has 0 atom stereocenters. The Morgan fingerprint density at radius 1 is 1.20 bits per heavy atom. The van der Waals surface area contributed by atoms with E-state index in [9.17, 15) is 14.5 Å².